The second kappa shape index (κ2) is 10.3. The fourth-order valence-electron chi connectivity index (χ4n) is 4.73. The monoisotopic (exact) mass is 472 g/mol. The van der Waals surface area contributed by atoms with Gasteiger partial charge < -0.3 is 15.0 Å². The number of Topliss-reactive ketones (excluding diaryl/α,β-unsaturated/α-hetero) is 1. The highest BCUT2D eigenvalue weighted by molar-refractivity contribution is 6.08. The van der Waals surface area contributed by atoms with Gasteiger partial charge in [-0.2, -0.15) is 0 Å². The van der Waals surface area contributed by atoms with Crippen molar-refractivity contribution in [3.63, 3.8) is 0 Å². The lowest BCUT2D eigenvalue weighted by atomic mass is 9.97. The van der Waals surface area contributed by atoms with E-state index in [9.17, 15) is 14.4 Å². The Kier molecular flexibility index (Phi) is 7.20. The zero-order valence-corrected chi connectivity index (χ0v) is 20.8. The molecule has 0 radical (unpaired) electrons. The highest BCUT2D eigenvalue weighted by Crippen LogP contribution is 2.35. The molecular weight excluding hydrogens is 440 g/mol. The van der Waals surface area contributed by atoms with E-state index in [4.69, 9.17) is 4.74 Å². The van der Waals surface area contributed by atoms with Crippen molar-refractivity contribution in [2.45, 2.75) is 52.6 Å². The molecule has 182 valence electrons. The van der Waals surface area contributed by atoms with Crippen LogP contribution in [0.2, 0.25) is 0 Å². The summed E-state index contributed by atoms with van der Waals surface area (Å²) < 4.78 is 5.69. The third-order valence-corrected chi connectivity index (χ3v) is 6.97. The Morgan fingerprint density at radius 1 is 1.09 bits per heavy atom. The van der Waals surface area contributed by atoms with E-state index < -0.39 is 6.04 Å². The van der Waals surface area contributed by atoms with Gasteiger partial charge in [-0.15, -0.1) is 0 Å². The van der Waals surface area contributed by atoms with Crippen LogP contribution in [-0.2, 0) is 22.6 Å². The molecule has 1 aliphatic heterocycles. The Morgan fingerprint density at radius 2 is 1.86 bits per heavy atom. The minimum atomic E-state index is -0.613. The van der Waals surface area contributed by atoms with Crippen molar-refractivity contribution < 1.29 is 19.1 Å². The van der Waals surface area contributed by atoms with Gasteiger partial charge in [-0.1, -0.05) is 50.2 Å². The summed E-state index contributed by atoms with van der Waals surface area (Å²) in [7, 11) is 1.60. The average Bonchev–Trinajstić information content (AvgIpc) is 3.00. The van der Waals surface area contributed by atoms with Crippen molar-refractivity contribution in [2.24, 2.45) is 5.92 Å². The minimum Gasteiger partial charge on any atom is -0.496 e. The third kappa shape index (κ3) is 4.78. The number of nitrogens with one attached hydrogen (secondary N) is 1. The standard InChI is InChI=1S/C29H32N2O4/c1-5-18(2)28(33)30-25-15-13-20-9-6-7-12-26(20)31(29(25)34)17-24-22-11-8-10-21(19(3)32)23(22)14-16-27(24)35-4/h6-12,14,16,18,25H,5,13,15,17H2,1-4H3,(H,30,33)/t18-,25+/m1/s1. The number of amides is 2. The maximum atomic E-state index is 13.9. The number of aryl methyl sites for hydroxylation is 1. The molecule has 0 aromatic heterocycles. The van der Waals surface area contributed by atoms with E-state index in [1.54, 1.807) is 18.9 Å². The van der Waals surface area contributed by atoms with Gasteiger partial charge in [-0.05, 0) is 60.7 Å². The first-order chi connectivity index (χ1) is 16.8. The van der Waals surface area contributed by atoms with Crippen molar-refractivity contribution >= 4 is 34.1 Å². The molecule has 0 saturated heterocycles. The van der Waals surface area contributed by atoms with E-state index in [1.165, 1.54) is 0 Å². The second-order valence-corrected chi connectivity index (χ2v) is 9.17. The molecule has 4 rings (SSSR count). The number of rotatable bonds is 7. The molecule has 6 heteroatoms. The average molecular weight is 473 g/mol. The van der Waals surface area contributed by atoms with Gasteiger partial charge in [0.15, 0.2) is 5.78 Å². The number of ketones is 1. The summed E-state index contributed by atoms with van der Waals surface area (Å²) in [4.78, 5) is 40.6. The minimum absolute atomic E-state index is 0.0178. The second-order valence-electron chi connectivity index (χ2n) is 9.17. The summed E-state index contributed by atoms with van der Waals surface area (Å²) in [5, 5.41) is 4.69. The van der Waals surface area contributed by atoms with E-state index in [2.05, 4.69) is 5.32 Å². The van der Waals surface area contributed by atoms with Crippen molar-refractivity contribution in [2.75, 3.05) is 12.0 Å². The number of fused-ring (bicyclic) bond motifs is 2. The molecule has 1 N–H and O–H groups in total. The molecular formula is C29H32N2O4. The summed E-state index contributed by atoms with van der Waals surface area (Å²) in [6.07, 6.45) is 1.93. The normalized spacial score (nSPS) is 16.4. The molecule has 35 heavy (non-hydrogen) atoms. The Bertz CT molecular complexity index is 1280. The van der Waals surface area contributed by atoms with Crippen LogP contribution in [0.1, 0.15) is 55.1 Å². The molecule has 0 unspecified atom stereocenters. The predicted octanol–water partition coefficient (Wildman–Crippen LogP) is 5.06. The van der Waals surface area contributed by atoms with Gasteiger partial charge in [0.1, 0.15) is 11.8 Å². The molecule has 1 heterocycles. The first-order valence-electron chi connectivity index (χ1n) is 12.1. The van der Waals surface area contributed by atoms with E-state index in [1.807, 2.05) is 68.4 Å². The SMILES string of the molecule is CC[C@@H](C)C(=O)N[C@H]1CCc2ccccc2N(Cc2c(OC)ccc3c(C(C)=O)cccc23)C1=O. The molecule has 6 nitrogen and oxygen atoms in total. The summed E-state index contributed by atoms with van der Waals surface area (Å²) in [6, 6.07) is 16.6. The number of hydrogen-bond acceptors (Lipinski definition) is 4. The fourth-order valence-corrected chi connectivity index (χ4v) is 4.73. The molecule has 2 amide bonds. The smallest absolute Gasteiger partial charge is 0.249 e. The van der Waals surface area contributed by atoms with Crippen LogP contribution in [0.15, 0.2) is 54.6 Å². The molecule has 1 aliphatic rings. The highest BCUT2D eigenvalue weighted by Gasteiger charge is 2.33. The van der Waals surface area contributed by atoms with Crippen molar-refractivity contribution in [1.82, 2.24) is 5.32 Å². The summed E-state index contributed by atoms with van der Waals surface area (Å²) in [6.45, 7) is 5.64. The number of para-hydroxylation sites is 1. The van der Waals surface area contributed by atoms with Gasteiger partial charge in [-0.3, -0.25) is 14.4 Å². The number of carbonyl (C=O) groups excluding carboxylic acids is 3. The topological polar surface area (TPSA) is 75.7 Å². The van der Waals surface area contributed by atoms with Crippen LogP contribution >= 0.6 is 0 Å². The van der Waals surface area contributed by atoms with Crippen LogP contribution in [0.4, 0.5) is 5.69 Å². The number of nitrogens with zero attached hydrogens (tertiary/aromatic N) is 1. The van der Waals surface area contributed by atoms with Crippen molar-refractivity contribution in [3.8, 4) is 5.75 Å². The van der Waals surface area contributed by atoms with Crippen LogP contribution < -0.4 is 15.0 Å². The molecule has 2 atom stereocenters. The molecule has 3 aromatic rings. The Labute approximate surface area is 206 Å². The van der Waals surface area contributed by atoms with E-state index in [0.717, 1.165) is 27.6 Å². The van der Waals surface area contributed by atoms with Crippen molar-refractivity contribution in [1.29, 1.82) is 0 Å². The number of ether oxygens (including phenoxy) is 1. The lowest BCUT2D eigenvalue weighted by Gasteiger charge is -2.28. The lowest BCUT2D eigenvalue weighted by Crippen LogP contribution is -2.49. The van der Waals surface area contributed by atoms with Crippen molar-refractivity contribution in [3.05, 3.63) is 71.3 Å². The van der Waals surface area contributed by atoms with Crippen LogP contribution in [0.25, 0.3) is 10.8 Å². The van der Waals surface area contributed by atoms with Gasteiger partial charge in [0.05, 0.1) is 13.7 Å². The van der Waals surface area contributed by atoms with Crippen LogP contribution in [0, 0.1) is 5.92 Å². The zero-order chi connectivity index (χ0) is 25.1. The number of carbonyl (C=O) groups is 3. The molecule has 0 saturated carbocycles. The summed E-state index contributed by atoms with van der Waals surface area (Å²) in [5.41, 5.74) is 3.35. The quantitative estimate of drug-likeness (QED) is 0.488. The summed E-state index contributed by atoms with van der Waals surface area (Å²) in [5.74, 6) is 0.215. The van der Waals surface area contributed by atoms with Gasteiger partial charge >= 0.3 is 0 Å². The molecule has 0 aliphatic carbocycles. The van der Waals surface area contributed by atoms with E-state index in [0.29, 0.717) is 30.6 Å². The number of anilines is 1. The molecule has 3 aromatic carbocycles. The van der Waals surface area contributed by atoms with Gasteiger partial charge in [0, 0.05) is 22.7 Å². The number of hydrogen-bond donors (Lipinski definition) is 1. The Balaban J connectivity index is 1.81. The van der Waals surface area contributed by atoms with Crippen LogP contribution in [-0.4, -0.2) is 30.7 Å². The first kappa shape index (κ1) is 24.5. The van der Waals surface area contributed by atoms with E-state index in [-0.39, 0.29) is 30.1 Å². The molecule has 0 fully saturated rings. The molecule has 0 spiro atoms. The first-order valence-corrected chi connectivity index (χ1v) is 12.1. The maximum Gasteiger partial charge on any atom is 0.249 e. The predicted molar refractivity (Wildman–Crippen MR) is 138 cm³/mol. The Morgan fingerprint density at radius 3 is 2.57 bits per heavy atom. The highest BCUT2D eigenvalue weighted by atomic mass is 16.5. The third-order valence-electron chi connectivity index (χ3n) is 6.97. The van der Waals surface area contributed by atoms with E-state index >= 15 is 0 Å². The van der Waals surface area contributed by atoms with Gasteiger partial charge in [0.25, 0.3) is 0 Å². The largest absolute Gasteiger partial charge is 0.496 e. The fraction of sp³-hybridized carbons (Fsp3) is 0.345. The maximum absolute atomic E-state index is 13.9. The lowest BCUT2D eigenvalue weighted by molar-refractivity contribution is -0.129. The Hall–Kier alpha value is -3.67. The van der Waals surface area contributed by atoms with Crippen LogP contribution in [0.5, 0.6) is 5.75 Å². The number of benzene rings is 3. The van der Waals surface area contributed by atoms with Gasteiger partial charge in [0.2, 0.25) is 11.8 Å². The number of methoxy groups -OCH3 is 1. The van der Waals surface area contributed by atoms with Crippen LogP contribution in [0.3, 0.4) is 0 Å². The van der Waals surface area contributed by atoms with Gasteiger partial charge in [-0.25, -0.2) is 0 Å². The zero-order valence-electron chi connectivity index (χ0n) is 20.8. The molecule has 0 bridgehead atoms. The summed E-state index contributed by atoms with van der Waals surface area (Å²) >= 11 is 0.